The van der Waals surface area contributed by atoms with Crippen molar-refractivity contribution in [2.24, 2.45) is 0 Å². The fourth-order valence-corrected chi connectivity index (χ4v) is 2.82. The first-order valence-electron chi connectivity index (χ1n) is 10.4. The summed E-state index contributed by atoms with van der Waals surface area (Å²) in [7, 11) is 0. The number of rotatable bonds is 12. The topological polar surface area (TPSA) is 68.8 Å². The van der Waals surface area contributed by atoms with Crippen LogP contribution in [0.5, 0.6) is 17.2 Å². The Morgan fingerprint density at radius 2 is 1.48 bits per heavy atom. The lowest BCUT2D eigenvalue weighted by atomic mass is 10.3. The summed E-state index contributed by atoms with van der Waals surface area (Å²) in [5.74, 6) is 2.01. The van der Waals surface area contributed by atoms with Gasteiger partial charge >= 0.3 is 0 Å². The van der Waals surface area contributed by atoms with Crippen molar-refractivity contribution in [1.29, 1.82) is 0 Å². The lowest BCUT2D eigenvalue weighted by Gasteiger charge is -2.14. The van der Waals surface area contributed by atoms with Gasteiger partial charge in [0.25, 0.3) is 0 Å². The predicted molar refractivity (Wildman–Crippen MR) is 123 cm³/mol. The van der Waals surface area contributed by atoms with Crippen molar-refractivity contribution in [2.45, 2.75) is 13.3 Å². The van der Waals surface area contributed by atoms with Gasteiger partial charge in [0.2, 0.25) is 5.91 Å². The third-order valence-electron chi connectivity index (χ3n) is 4.27. The minimum absolute atomic E-state index is 0.128. The Kier molecular flexibility index (Phi) is 8.61. The Hall–Kier alpha value is -3.67. The van der Waals surface area contributed by atoms with Crippen molar-refractivity contribution in [2.75, 3.05) is 37.0 Å². The molecular weight excluding hydrogens is 392 g/mol. The molecule has 0 atom stereocenters. The smallest absolute Gasteiger partial charge is 0.243 e. The first-order chi connectivity index (χ1) is 15.2. The van der Waals surface area contributed by atoms with Gasteiger partial charge in [0.15, 0.2) is 0 Å². The summed E-state index contributed by atoms with van der Waals surface area (Å²) in [5, 5.41) is 6.01. The molecule has 0 bridgehead atoms. The van der Waals surface area contributed by atoms with E-state index in [9.17, 15) is 4.79 Å². The van der Waals surface area contributed by atoms with Crippen LogP contribution in [0.25, 0.3) is 0 Å². The first-order valence-corrected chi connectivity index (χ1v) is 10.4. The van der Waals surface area contributed by atoms with Gasteiger partial charge in [0.1, 0.15) is 30.5 Å². The number of anilines is 2. The maximum Gasteiger partial charge on any atom is 0.243 e. The molecule has 0 saturated heterocycles. The van der Waals surface area contributed by atoms with Crippen molar-refractivity contribution in [3.8, 4) is 17.2 Å². The van der Waals surface area contributed by atoms with Crippen LogP contribution in [0, 0.1) is 0 Å². The van der Waals surface area contributed by atoms with Gasteiger partial charge in [0, 0.05) is 11.8 Å². The number of amides is 1. The summed E-state index contributed by atoms with van der Waals surface area (Å²) in [6, 6.07) is 24.5. The number of para-hydroxylation sites is 3. The molecule has 0 spiro atoms. The summed E-state index contributed by atoms with van der Waals surface area (Å²) >= 11 is 0. The van der Waals surface area contributed by atoms with E-state index < -0.39 is 0 Å². The molecule has 0 aliphatic heterocycles. The van der Waals surface area contributed by atoms with Crippen molar-refractivity contribution >= 4 is 17.3 Å². The lowest BCUT2D eigenvalue weighted by molar-refractivity contribution is -0.114. The Labute approximate surface area is 183 Å². The van der Waals surface area contributed by atoms with Crippen molar-refractivity contribution in [1.82, 2.24) is 0 Å². The molecule has 6 nitrogen and oxygen atoms in total. The number of nitrogens with one attached hydrogen (secondary N) is 2. The molecule has 3 aromatic rings. The highest BCUT2D eigenvalue weighted by Gasteiger charge is 2.08. The third kappa shape index (κ3) is 7.59. The monoisotopic (exact) mass is 420 g/mol. The zero-order chi connectivity index (χ0) is 21.7. The maximum absolute atomic E-state index is 12.4. The SMILES string of the molecule is CCCOc1cccc(NCC(=O)Nc2ccccc2OCCOc2ccccc2)c1. The molecule has 0 radical (unpaired) electrons. The second-order valence-electron chi connectivity index (χ2n) is 6.78. The van der Waals surface area contributed by atoms with Gasteiger partial charge in [-0.15, -0.1) is 0 Å². The molecule has 0 aliphatic carbocycles. The first kappa shape index (κ1) is 22.0. The van der Waals surface area contributed by atoms with E-state index in [-0.39, 0.29) is 12.5 Å². The molecule has 0 fully saturated rings. The number of benzene rings is 3. The minimum atomic E-state index is -0.170. The van der Waals surface area contributed by atoms with E-state index in [1.54, 1.807) is 0 Å². The lowest BCUT2D eigenvalue weighted by Crippen LogP contribution is -2.22. The van der Waals surface area contributed by atoms with E-state index in [2.05, 4.69) is 17.6 Å². The van der Waals surface area contributed by atoms with E-state index >= 15 is 0 Å². The van der Waals surface area contributed by atoms with Crippen LogP contribution in [0.4, 0.5) is 11.4 Å². The molecule has 1 amide bonds. The average molecular weight is 421 g/mol. The molecule has 162 valence electrons. The Bertz CT molecular complexity index is 947. The van der Waals surface area contributed by atoms with Crippen LogP contribution in [0.1, 0.15) is 13.3 Å². The highest BCUT2D eigenvalue weighted by Crippen LogP contribution is 2.24. The average Bonchev–Trinajstić information content (AvgIpc) is 2.81. The van der Waals surface area contributed by atoms with Gasteiger partial charge < -0.3 is 24.8 Å². The van der Waals surface area contributed by atoms with Gasteiger partial charge in [-0.3, -0.25) is 4.79 Å². The van der Waals surface area contributed by atoms with Crippen LogP contribution in [0.3, 0.4) is 0 Å². The largest absolute Gasteiger partial charge is 0.494 e. The Balaban J connectivity index is 1.46. The normalized spacial score (nSPS) is 10.2. The molecule has 0 unspecified atom stereocenters. The molecular formula is C25H28N2O4. The number of carbonyl (C=O) groups excluding carboxylic acids is 1. The third-order valence-corrected chi connectivity index (χ3v) is 4.27. The molecule has 31 heavy (non-hydrogen) atoms. The summed E-state index contributed by atoms with van der Waals surface area (Å²) < 4.78 is 17.1. The zero-order valence-corrected chi connectivity index (χ0v) is 17.7. The predicted octanol–water partition coefficient (Wildman–Crippen LogP) is 4.98. The van der Waals surface area contributed by atoms with E-state index in [0.29, 0.717) is 31.3 Å². The van der Waals surface area contributed by atoms with E-state index in [1.807, 2.05) is 78.9 Å². The molecule has 0 aliphatic rings. The minimum Gasteiger partial charge on any atom is -0.494 e. The molecule has 0 aromatic heterocycles. The fourth-order valence-electron chi connectivity index (χ4n) is 2.82. The summed E-state index contributed by atoms with van der Waals surface area (Å²) in [6.45, 7) is 3.62. The molecule has 0 heterocycles. The van der Waals surface area contributed by atoms with Crippen LogP contribution in [0.15, 0.2) is 78.9 Å². The molecule has 3 aromatic carbocycles. The summed E-state index contributed by atoms with van der Waals surface area (Å²) in [5.41, 5.74) is 1.44. The highest BCUT2D eigenvalue weighted by atomic mass is 16.5. The van der Waals surface area contributed by atoms with E-state index in [4.69, 9.17) is 14.2 Å². The van der Waals surface area contributed by atoms with Crippen LogP contribution in [-0.4, -0.2) is 32.3 Å². The van der Waals surface area contributed by atoms with Crippen molar-refractivity contribution < 1.29 is 19.0 Å². The van der Waals surface area contributed by atoms with Gasteiger partial charge in [0.05, 0.1) is 18.8 Å². The number of ether oxygens (including phenoxy) is 3. The molecule has 3 rings (SSSR count). The Morgan fingerprint density at radius 1 is 0.774 bits per heavy atom. The van der Waals surface area contributed by atoms with Crippen LogP contribution < -0.4 is 24.8 Å². The van der Waals surface area contributed by atoms with Crippen LogP contribution >= 0.6 is 0 Å². The van der Waals surface area contributed by atoms with Gasteiger partial charge in [-0.25, -0.2) is 0 Å². The summed E-state index contributed by atoms with van der Waals surface area (Å²) in [6.07, 6.45) is 0.944. The van der Waals surface area contributed by atoms with Crippen molar-refractivity contribution in [3.05, 3.63) is 78.9 Å². The van der Waals surface area contributed by atoms with E-state index in [0.717, 1.165) is 23.6 Å². The number of carbonyl (C=O) groups is 1. The standard InChI is InChI=1S/C25H28N2O4/c1-2-15-29-22-12-8-9-20(18-22)26-19-25(28)27-23-13-6-7-14-24(23)31-17-16-30-21-10-4-3-5-11-21/h3-14,18,26H,2,15-17,19H2,1H3,(H,27,28). The second kappa shape index (κ2) is 12.1. The summed E-state index contributed by atoms with van der Waals surface area (Å²) in [4.78, 5) is 12.4. The van der Waals surface area contributed by atoms with Crippen LogP contribution in [0.2, 0.25) is 0 Å². The Morgan fingerprint density at radius 3 is 2.32 bits per heavy atom. The number of hydrogen-bond donors (Lipinski definition) is 2. The molecule has 6 heteroatoms. The van der Waals surface area contributed by atoms with Gasteiger partial charge in [-0.05, 0) is 42.8 Å². The highest BCUT2D eigenvalue weighted by molar-refractivity contribution is 5.95. The number of hydrogen-bond acceptors (Lipinski definition) is 5. The van der Waals surface area contributed by atoms with Crippen molar-refractivity contribution in [3.63, 3.8) is 0 Å². The fraction of sp³-hybridized carbons (Fsp3) is 0.240. The van der Waals surface area contributed by atoms with Gasteiger partial charge in [-0.2, -0.15) is 0 Å². The van der Waals surface area contributed by atoms with E-state index in [1.165, 1.54) is 0 Å². The second-order valence-corrected chi connectivity index (χ2v) is 6.78. The molecule has 0 saturated carbocycles. The van der Waals surface area contributed by atoms with Crippen LogP contribution in [-0.2, 0) is 4.79 Å². The van der Waals surface area contributed by atoms with Gasteiger partial charge in [-0.1, -0.05) is 43.3 Å². The maximum atomic E-state index is 12.4. The zero-order valence-electron chi connectivity index (χ0n) is 17.7. The quantitative estimate of drug-likeness (QED) is 0.404. The molecule has 2 N–H and O–H groups in total.